The lowest BCUT2D eigenvalue weighted by Crippen LogP contribution is -2.31. The van der Waals surface area contributed by atoms with Crippen LogP contribution < -0.4 is 5.32 Å². The number of nitrogens with one attached hydrogen (secondary N) is 1. The van der Waals surface area contributed by atoms with Crippen molar-refractivity contribution in [1.29, 1.82) is 0 Å². The van der Waals surface area contributed by atoms with Gasteiger partial charge >= 0.3 is 5.97 Å². The van der Waals surface area contributed by atoms with E-state index in [2.05, 4.69) is 5.32 Å². The first-order valence-electron chi connectivity index (χ1n) is 9.04. The Kier molecular flexibility index (Phi) is 6.22. The number of fused-ring (bicyclic) bond motifs is 1. The van der Waals surface area contributed by atoms with Gasteiger partial charge in [0.25, 0.3) is 5.91 Å². The molecule has 1 heterocycles. The van der Waals surface area contributed by atoms with E-state index in [1.165, 1.54) is 0 Å². The summed E-state index contributed by atoms with van der Waals surface area (Å²) < 4.78 is 10.7. The molecule has 1 aromatic heterocycles. The number of ketones is 1. The minimum atomic E-state index is -0.587. The molecule has 3 aromatic rings. The Labute approximate surface area is 162 Å². The van der Waals surface area contributed by atoms with Crippen LogP contribution in [-0.2, 0) is 14.3 Å². The largest absolute Gasteiger partial charge is 0.459 e. The molecule has 144 valence electrons. The Hall–Kier alpha value is -3.41. The van der Waals surface area contributed by atoms with Gasteiger partial charge in [0, 0.05) is 17.4 Å². The maximum Gasteiger partial charge on any atom is 0.306 e. The lowest BCUT2D eigenvalue weighted by atomic mass is 10.1. The third kappa shape index (κ3) is 5.07. The van der Waals surface area contributed by atoms with Crippen molar-refractivity contribution in [2.24, 2.45) is 0 Å². The van der Waals surface area contributed by atoms with Crippen LogP contribution in [0.2, 0.25) is 0 Å². The van der Waals surface area contributed by atoms with Crippen LogP contribution >= 0.6 is 0 Å². The number of hydrogen-bond donors (Lipinski definition) is 1. The topological polar surface area (TPSA) is 85.6 Å². The van der Waals surface area contributed by atoms with Crippen molar-refractivity contribution < 1.29 is 23.5 Å². The summed E-state index contributed by atoms with van der Waals surface area (Å²) in [6.07, 6.45) is -0.0278. The van der Waals surface area contributed by atoms with E-state index in [4.69, 9.17) is 9.15 Å². The summed E-state index contributed by atoms with van der Waals surface area (Å²) in [7, 11) is 0. The Morgan fingerprint density at radius 3 is 2.46 bits per heavy atom. The average molecular weight is 379 g/mol. The first-order valence-corrected chi connectivity index (χ1v) is 9.04. The first-order chi connectivity index (χ1) is 13.5. The van der Waals surface area contributed by atoms with E-state index >= 15 is 0 Å². The highest BCUT2D eigenvalue weighted by molar-refractivity contribution is 5.97. The molecule has 0 saturated heterocycles. The summed E-state index contributed by atoms with van der Waals surface area (Å²) in [5.74, 6) is -0.540. The van der Waals surface area contributed by atoms with Crippen molar-refractivity contribution in [3.63, 3.8) is 0 Å². The maximum absolute atomic E-state index is 12.0. The number of hydrogen-bond acceptors (Lipinski definition) is 5. The van der Waals surface area contributed by atoms with Gasteiger partial charge in [0.2, 0.25) is 0 Å². The molecule has 2 aromatic carbocycles. The molecule has 3 rings (SSSR count). The normalized spacial score (nSPS) is 11.8. The molecule has 0 fully saturated rings. The molecular formula is C22H21NO5. The summed E-state index contributed by atoms with van der Waals surface area (Å²) in [4.78, 5) is 35.8. The van der Waals surface area contributed by atoms with Gasteiger partial charge in [-0.25, -0.2) is 0 Å². The number of benzene rings is 2. The number of Topliss-reactive ketones (excluding diaryl/α,β-unsaturated/α-hetero) is 1. The van der Waals surface area contributed by atoms with Crippen LogP contribution in [0.25, 0.3) is 11.0 Å². The monoisotopic (exact) mass is 379 g/mol. The summed E-state index contributed by atoms with van der Waals surface area (Å²) in [6, 6.07) is 17.8. The second-order valence-electron chi connectivity index (χ2n) is 6.43. The van der Waals surface area contributed by atoms with Gasteiger partial charge in [-0.15, -0.1) is 0 Å². The van der Waals surface area contributed by atoms with E-state index in [1.807, 2.05) is 36.4 Å². The fourth-order valence-electron chi connectivity index (χ4n) is 2.77. The van der Waals surface area contributed by atoms with E-state index < -0.39 is 18.5 Å². The molecule has 0 saturated carbocycles. The molecule has 1 N–H and O–H groups in total. The highest BCUT2D eigenvalue weighted by Gasteiger charge is 2.16. The molecule has 0 aliphatic heterocycles. The number of carbonyl (C=O) groups is 3. The number of furan rings is 1. The zero-order valence-electron chi connectivity index (χ0n) is 15.5. The van der Waals surface area contributed by atoms with E-state index in [0.29, 0.717) is 11.3 Å². The Balaban J connectivity index is 1.42. The van der Waals surface area contributed by atoms with Crippen LogP contribution in [-0.4, -0.2) is 24.3 Å². The number of amides is 1. The van der Waals surface area contributed by atoms with Gasteiger partial charge in [-0.2, -0.15) is 0 Å². The maximum atomic E-state index is 12.0. The molecule has 0 aliphatic rings. The molecule has 0 spiro atoms. The van der Waals surface area contributed by atoms with Gasteiger partial charge in [-0.3, -0.25) is 14.4 Å². The van der Waals surface area contributed by atoms with Crippen LogP contribution in [0.15, 0.2) is 65.1 Å². The average Bonchev–Trinajstić information content (AvgIpc) is 3.15. The number of carbonyl (C=O) groups excluding carboxylic acids is 3. The van der Waals surface area contributed by atoms with Gasteiger partial charge in [-0.05, 0) is 19.1 Å². The fraction of sp³-hybridized carbons (Fsp3) is 0.227. The molecule has 0 aliphatic carbocycles. The van der Waals surface area contributed by atoms with E-state index in [0.717, 1.165) is 11.0 Å². The van der Waals surface area contributed by atoms with Gasteiger partial charge in [-0.1, -0.05) is 48.5 Å². The molecule has 6 nitrogen and oxygen atoms in total. The minimum Gasteiger partial charge on any atom is -0.459 e. The second-order valence-corrected chi connectivity index (χ2v) is 6.43. The Morgan fingerprint density at radius 2 is 1.71 bits per heavy atom. The zero-order valence-corrected chi connectivity index (χ0v) is 15.5. The van der Waals surface area contributed by atoms with E-state index in [-0.39, 0.29) is 24.7 Å². The van der Waals surface area contributed by atoms with Crippen molar-refractivity contribution in [1.82, 2.24) is 5.32 Å². The lowest BCUT2D eigenvalue weighted by Gasteiger charge is -2.11. The Morgan fingerprint density at radius 1 is 1.00 bits per heavy atom. The predicted molar refractivity (Wildman–Crippen MR) is 104 cm³/mol. The van der Waals surface area contributed by atoms with E-state index in [1.54, 1.807) is 31.2 Å². The second kappa shape index (κ2) is 8.99. The van der Waals surface area contributed by atoms with E-state index in [9.17, 15) is 14.4 Å². The van der Waals surface area contributed by atoms with Gasteiger partial charge < -0.3 is 14.5 Å². The van der Waals surface area contributed by atoms with Crippen molar-refractivity contribution in [2.45, 2.75) is 25.8 Å². The molecule has 6 heteroatoms. The standard InChI is InChI=1S/C22H21NO5/c1-15(20-13-17-9-5-6-10-19(17)28-20)23-21(25)14-27-22(26)12-11-18(24)16-7-3-2-4-8-16/h2-10,13,15H,11-12,14H2,1H3,(H,23,25)/t15-/m1/s1. The first kappa shape index (κ1) is 19.4. The van der Waals surface area contributed by atoms with Crippen LogP contribution in [0.3, 0.4) is 0 Å². The van der Waals surface area contributed by atoms with Gasteiger partial charge in [0.05, 0.1) is 12.5 Å². The van der Waals surface area contributed by atoms with Gasteiger partial charge in [0.15, 0.2) is 12.4 Å². The molecular weight excluding hydrogens is 358 g/mol. The van der Waals surface area contributed by atoms with Crippen molar-refractivity contribution in [3.8, 4) is 0 Å². The summed E-state index contributed by atoms with van der Waals surface area (Å²) >= 11 is 0. The fourth-order valence-corrected chi connectivity index (χ4v) is 2.77. The molecule has 0 bridgehead atoms. The SMILES string of the molecule is C[C@@H](NC(=O)COC(=O)CCC(=O)c1ccccc1)c1cc2ccccc2o1. The predicted octanol–water partition coefficient (Wildman–Crippen LogP) is 3.82. The van der Waals surface area contributed by atoms with Crippen LogP contribution in [0.5, 0.6) is 0 Å². The number of para-hydroxylation sites is 1. The highest BCUT2D eigenvalue weighted by atomic mass is 16.5. The quantitative estimate of drug-likeness (QED) is 0.475. The Bertz CT molecular complexity index is 944. The smallest absolute Gasteiger partial charge is 0.306 e. The summed E-state index contributed by atoms with van der Waals surface area (Å²) in [5, 5.41) is 3.68. The highest BCUT2D eigenvalue weighted by Crippen LogP contribution is 2.23. The molecule has 1 atom stereocenters. The molecule has 0 unspecified atom stereocenters. The molecule has 1 amide bonds. The van der Waals surface area contributed by atoms with Crippen LogP contribution in [0.1, 0.15) is 41.9 Å². The summed E-state index contributed by atoms with van der Waals surface area (Å²) in [6.45, 7) is 1.39. The lowest BCUT2D eigenvalue weighted by molar-refractivity contribution is -0.148. The van der Waals surface area contributed by atoms with Crippen molar-refractivity contribution in [3.05, 3.63) is 72.0 Å². The van der Waals surface area contributed by atoms with Crippen LogP contribution in [0, 0.1) is 0 Å². The zero-order chi connectivity index (χ0) is 19.9. The summed E-state index contributed by atoms with van der Waals surface area (Å²) in [5.41, 5.74) is 1.29. The van der Waals surface area contributed by atoms with Gasteiger partial charge in [0.1, 0.15) is 11.3 Å². The number of ether oxygens (including phenoxy) is 1. The number of esters is 1. The minimum absolute atomic E-state index is 0.0415. The molecule has 0 radical (unpaired) electrons. The third-order valence-electron chi connectivity index (χ3n) is 4.27. The molecule has 28 heavy (non-hydrogen) atoms. The van der Waals surface area contributed by atoms with Crippen molar-refractivity contribution in [2.75, 3.05) is 6.61 Å². The number of rotatable bonds is 8. The third-order valence-corrected chi connectivity index (χ3v) is 4.27. The van der Waals surface area contributed by atoms with Crippen molar-refractivity contribution >= 4 is 28.6 Å². The van der Waals surface area contributed by atoms with Crippen LogP contribution in [0.4, 0.5) is 0 Å².